The van der Waals surface area contributed by atoms with E-state index in [-0.39, 0.29) is 5.69 Å². The molecule has 0 saturated heterocycles. The van der Waals surface area contributed by atoms with Crippen molar-refractivity contribution in [2.75, 3.05) is 0 Å². The highest BCUT2D eigenvalue weighted by molar-refractivity contribution is 5.96. The third kappa shape index (κ3) is 1.80. The number of aromatic nitrogens is 1. The van der Waals surface area contributed by atoms with Crippen molar-refractivity contribution in [2.24, 2.45) is 0 Å². The molecule has 58 valence electrons. The molecular weight excluding hydrogens is 152 g/mol. The van der Waals surface area contributed by atoms with Crippen molar-refractivity contribution in [1.82, 2.24) is 4.98 Å². The van der Waals surface area contributed by atoms with Crippen LogP contribution in [0.5, 0.6) is 0 Å². The largest absolute Gasteiger partial charge is 0.302 e. The molecule has 0 atom stereocenters. The Morgan fingerprint density at radius 2 is 2.18 bits per heavy atom. The van der Waals surface area contributed by atoms with Crippen LogP contribution in [-0.2, 0) is 0 Å². The van der Waals surface area contributed by atoms with Gasteiger partial charge < -0.3 is 0 Å². The number of rotatable bonds is 2. The highest BCUT2D eigenvalue weighted by Crippen LogP contribution is 2.03. The summed E-state index contributed by atoms with van der Waals surface area (Å²) in [5, 5.41) is 0. The van der Waals surface area contributed by atoms with Gasteiger partial charge in [0.25, 0.3) is 0 Å². The molecule has 0 bridgehead atoms. The van der Waals surface area contributed by atoms with Gasteiger partial charge in [-0.1, -0.05) is 6.07 Å². The fourth-order valence-corrected chi connectivity index (χ4v) is 0.620. The Kier molecular flexibility index (Phi) is 2.25. The molecule has 4 heteroatoms. The van der Waals surface area contributed by atoms with Crippen molar-refractivity contribution in [3.63, 3.8) is 0 Å². The topological polar surface area (TPSA) is 30.0 Å². The minimum atomic E-state index is -2.97. The molecule has 1 aromatic heterocycles. The van der Waals surface area contributed by atoms with E-state index < -0.39 is 12.2 Å². The zero-order chi connectivity index (χ0) is 8.27. The fraction of sp³-hybridized carbons (Fsp3) is 0.143. The van der Waals surface area contributed by atoms with Gasteiger partial charge in [-0.15, -0.1) is 0 Å². The average Bonchev–Trinajstić information content (AvgIpc) is 2.05. The molecule has 0 fully saturated rings. The van der Waals surface area contributed by atoms with E-state index in [0.29, 0.717) is 0 Å². The van der Waals surface area contributed by atoms with E-state index in [9.17, 15) is 13.6 Å². The SMILES string of the molecule is O=C(c1ccccn1)C(F)F. The molecule has 0 amide bonds. The van der Waals surface area contributed by atoms with Gasteiger partial charge in [0, 0.05) is 6.20 Å². The van der Waals surface area contributed by atoms with Crippen molar-refractivity contribution in [2.45, 2.75) is 6.43 Å². The number of ketones is 1. The summed E-state index contributed by atoms with van der Waals surface area (Å²) >= 11 is 0. The summed E-state index contributed by atoms with van der Waals surface area (Å²) in [4.78, 5) is 14.0. The lowest BCUT2D eigenvalue weighted by molar-refractivity contribution is 0.0673. The summed E-state index contributed by atoms with van der Waals surface area (Å²) in [6.45, 7) is 0. The van der Waals surface area contributed by atoms with Crippen LogP contribution >= 0.6 is 0 Å². The van der Waals surface area contributed by atoms with Gasteiger partial charge in [-0.3, -0.25) is 9.78 Å². The maximum Gasteiger partial charge on any atom is 0.302 e. The second-order valence-electron chi connectivity index (χ2n) is 1.88. The number of pyridine rings is 1. The van der Waals surface area contributed by atoms with Gasteiger partial charge in [-0.2, -0.15) is 0 Å². The normalized spacial score (nSPS) is 10.1. The van der Waals surface area contributed by atoms with E-state index in [1.54, 1.807) is 6.07 Å². The van der Waals surface area contributed by atoms with Crippen LogP contribution in [-0.4, -0.2) is 17.2 Å². The lowest BCUT2D eigenvalue weighted by Gasteiger charge is -1.95. The van der Waals surface area contributed by atoms with E-state index in [0.717, 1.165) is 0 Å². The van der Waals surface area contributed by atoms with Crippen LogP contribution in [0.15, 0.2) is 24.4 Å². The monoisotopic (exact) mass is 157 g/mol. The lowest BCUT2D eigenvalue weighted by Crippen LogP contribution is -2.11. The van der Waals surface area contributed by atoms with Gasteiger partial charge in [0.2, 0.25) is 5.78 Å². The standard InChI is InChI=1S/C7H5F2NO/c8-7(9)6(11)5-3-1-2-4-10-5/h1-4,7H. The Bertz CT molecular complexity index is 248. The molecule has 1 aromatic rings. The van der Waals surface area contributed by atoms with Crippen molar-refractivity contribution in [3.8, 4) is 0 Å². The van der Waals surface area contributed by atoms with E-state index in [1.165, 1.54) is 18.3 Å². The first-order valence-corrected chi connectivity index (χ1v) is 2.95. The first kappa shape index (κ1) is 7.78. The third-order valence-corrected chi connectivity index (χ3v) is 1.12. The van der Waals surface area contributed by atoms with E-state index in [2.05, 4.69) is 4.98 Å². The van der Waals surface area contributed by atoms with Crippen molar-refractivity contribution in [3.05, 3.63) is 30.1 Å². The lowest BCUT2D eigenvalue weighted by atomic mass is 10.2. The minimum Gasteiger partial charge on any atom is -0.286 e. The van der Waals surface area contributed by atoms with Crippen molar-refractivity contribution in [1.29, 1.82) is 0 Å². The van der Waals surface area contributed by atoms with Crippen LogP contribution in [0.1, 0.15) is 10.5 Å². The molecular formula is C7H5F2NO. The molecule has 2 nitrogen and oxygen atoms in total. The molecule has 0 aromatic carbocycles. The summed E-state index contributed by atoms with van der Waals surface area (Å²) in [6, 6.07) is 4.30. The Labute approximate surface area is 61.9 Å². The van der Waals surface area contributed by atoms with Gasteiger partial charge in [-0.25, -0.2) is 8.78 Å². The molecule has 0 N–H and O–H groups in total. The Morgan fingerprint density at radius 1 is 1.45 bits per heavy atom. The molecule has 0 spiro atoms. The second-order valence-corrected chi connectivity index (χ2v) is 1.88. The number of hydrogen-bond acceptors (Lipinski definition) is 2. The summed E-state index contributed by atoms with van der Waals surface area (Å²) in [7, 11) is 0. The van der Waals surface area contributed by atoms with Crippen LogP contribution < -0.4 is 0 Å². The first-order chi connectivity index (χ1) is 5.22. The summed E-state index contributed by atoms with van der Waals surface area (Å²) in [6.07, 6.45) is -1.67. The number of carbonyl (C=O) groups excluding carboxylic acids is 1. The van der Waals surface area contributed by atoms with Crippen LogP contribution in [0.2, 0.25) is 0 Å². The highest BCUT2D eigenvalue weighted by atomic mass is 19.3. The Hall–Kier alpha value is -1.32. The van der Waals surface area contributed by atoms with Crippen molar-refractivity contribution >= 4 is 5.78 Å². The maximum atomic E-state index is 11.7. The molecule has 0 unspecified atom stereocenters. The summed E-state index contributed by atoms with van der Waals surface area (Å²) in [5.74, 6) is -1.23. The second kappa shape index (κ2) is 3.18. The molecule has 0 aliphatic rings. The predicted molar refractivity (Wildman–Crippen MR) is 34.6 cm³/mol. The average molecular weight is 157 g/mol. The van der Waals surface area contributed by atoms with Crippen molar-refractivity contribution < 1.29 is 13.6 Å². The molecule has 1 heterocycles. The number of alkyl halides is 2. The molecule has 1 rings (SSSR count). The summed E-state index contributed by atoms with van der Waals surface area (Å²) in [5.41, 5.74) is -0.192. The van der Waals surface area contributed by atoms with E-state index >= 15 is 0 Å². The third-order valence-electron chi connectivity index (χ3n) is 1.12. The van der Waals surface area contributed by atoms with Gasteiger partial charge in [0.1, 0.15) is 5.69 Å². The maximum absolute atomic E-state index is 11.7. The number of Topliss-reactive ketones (excluding diaryl/α,β-unsaturated/α-hetero) is 1. The molecule has 11 heavy (non-hydrogen) atoms. The quantitative estimate of drug-likeness (QED) is 0.609. The molecule has 0 aliphatic heterocycles. The van der Waals surface area contributed by atoms with E-state index in [4.69, 9.17) is 0 Å². The molecule has 0 radical (unpaired) electrons. The number of nitrogens with zero attached hydrogens (tertiary/aromatic N) is 1. The smallest absolute Gasteiger partial charge is 0.286 e. The van der Waals surface area contributed by atoms with Crippen LogP contribution in [0.4, 0.5) is 8.78 Å². The van der Waals surface area contributed by atoms with Crippen LogP contribution in [0, 0.1) is 0 Å². The number of halogens is 2. The van der Waals surface area contributed by atoms with Gasteiger partial charge in [0.15, 0.2) is 0 Å². The predicted octanol–water partition coefficient (Wildman–Crippen LogP) is 1.53. The first-order valence-electron chi connectivity index (χ1n) is 2.95. The Morgan fingerprint density at radius 3 is 2.64 bits per heavy atom. The van der Waals surface area contributed by atoms with Gasteiger partial charge >= 0.3 is 6.43 Å². The number of hydrogen-bond donors (Lipinski definition) is 0. The zero-order valence-corrected chi connectivity index (χ0v) is 5.50. The van der Waals surface area contributed by atoms with Gasteiger partial charge in [0.05, 0.1) is 0 Å². The zero-order valence-electron chi connectivity index (χ0n) is 5.50. The molecule has 0 aliphatic carbocycles. The Balaban J connectivity index is 2.86. The molecule has 0 saturated carbocycles. The van der Waals surface area contributed by atoms with Gasteiger partial charge in [-0.05, 0) is 12.1 Å². The number of carbonyl (C=O) groups is 1. The fourth-order valence-electron chi connectivity index (χ4n) is 0.620. The summed E-state index contributed by atoms with van der Waals surface area (Å²) < 4.78 is 23.4. The minimum absolute atomic E-state index is 0.192. The van der Waals surface area contributed by atoms with Crippen LogP contribution in [0.3, 0.4) is 0 Å². The van der Waals surface area contributed by atoms with Crippen LogP contribution in [0.25, 0.3) is 0 Å². The van der Waals surface area contributed by atoms with E-state index in [1.807, 2.05) is 0 Å². The highest BCUT2D eigenvalue weighted by Gasteiger charge is 2.17.